The molecule has 1 unspecified atom stereocenters. The third-order valence-electron chi connectivity index (χ3n) is 3.29. The van der Waals surface area contributed by atoms with Gasteiger partial charge in [-0.3, -0.25) is 4.79 Å². The molecule has 1 fully saturated rings. The summed E-state index contributed by atoms with van der Waals surface area (Å²) in [6.45, 7) is 2.86. The number of carbonyl (C=O) groups excluding carboxylic acids is 1. The highest BCUT2D eigenvalue weighted by molar-refractivity contribution is 6.32. The fourth-order valence-corrected chi connectivity index (χ4v) is 2.48. The SMILES string of the molecule is COCC(N)C(=O)N1CCN(c2ncccc2Cl)CC1.Cl. The van der Waals surface area contributed by atoms with E-state index >= 15 is 0 Å². The molecular formula is C13H20Cl2N4O2. The molecule has 1 aliphatic rings. The monoisotopic (exact) mass is 334 g/mol. The van der Waals surface area contributed by atoms with Crippen molar-refractivity contribution in [2.45, 2.75) is 6.04 Å². The van der Waals surface area contributed by atoms with Gasteiger partial charge in [-0.1, -0.05) is 11.6 Å². The van der Waals surface area contributed by atoms with E-state index in [4.69, 9.17) is 22.1 Å². The maximum Gasteiger partial charge on any atom is 0.241 e. The van der Waals surface area contributed by atoms with Crippen LogP contribution in [-0.4, -0.2) is 61.7 Å². The summed E-state index contributed by atoms with van der Waals surface area (Å²) in [6, 6.07) is 3.02. The molecule has 1 aromatic rings. The van der Waals surface area contributed by atoms with Crippen molar-refractivity contribution in [3.05, 3.63) is 23.4 Å². The highest BCUT2D eigenvalue weighted by Crippen LogP contribution is 2.23. The van der Waals surface area contributed by atoms with Crippen molar-refractivity contribution in [1.82, 2.24) is 9.88 Å². The lowest BCUT2D eigenvalue weighted by Gasteiger charge is -2.36. The van der Waals surface area contributed by atoms with Gasteiger partial charge in [-0.2, -0.15) is 0 Å². The van der Waals surface area contributed by atoms with Gasteiger partial charge in [0.2, 0.25) is 5.91 Å². The molecule has 21 heavy (non-hydrogen) atoms. The summed E-state index contributed by atoms with van der Waals surface area (Å²) < 4.78 is 4.91. The first-order valence-electron chi connectivity index (χ1n) is 6.52. The number of halogens is 2. The lowest BCUT2D eigenvalue weighted by Crippen LogP contribution is -2.54. The third-order valence-corrected chi connectivity index (χ3v) is 3.59. The van der Waals surface area contributed by atoms with Crippen LogP contribution in [0.4, 0.5) is 5.82 Å². The van der Waals surface area contributed by atoms with Crippen LogP contribution in [0.1, 0.15) is 0 Å². The molecule has 1 aliphatic heterocycles. The molecule has 0 spiro atoms. The second-order valence-corrected chi connectivity index (χ2v) is 5.09. The molecule has 6 nitrogen and oxygen atoms in total. The predicted molar refractivity (Wildman–Crippen MR) is 85.1 cm³/mol. The lowest BCUT2D eigenvalue weighted by molar-refractivity contribution is -0.134. The first kappa shape index (κ1) is 18.0. The number of hydrogen-bond donors (Lipinski definition) is 1. The highest BCUT2D eigenvalue weighted by Gasteiger charge is 2.26. The van der Waals surface area contributed by atoms with Crippen LogP contribution in [-0.2, 0) is 9.53 Å². The van der Waals surface area contributed by atoms with Crippen molar-refractivity contribution in [2.75, 3.05) is 44.8 Å². The van der Waals surface area contributed by atoms with Crippen LogP contribution in [0.5, 0.6) is 0 Å². The molecule has 2 heterocycles. The quantitative estimate of drug-likeness (QED) is 0.880. The van der Waals surface area contributed by atoms with Crippen molar-refractivity contribution in [2.24, 2.45) is 5.73 Å². The van der Waals surface area contributed by atoms with Gasteiger partial charge in [0.1, 0.15) is 11.9 Å². The minimum atomic E-state index is -0.593. The number of nitrogens with two attached hydrogens (primary N) is 1. The molecule has 1 amide bonds. The number of aromatic nitrogens is 1. The minimum Gasteiger partial charge on any atom is -0.383 e. The molecule has 0 saturated carbocycles. The van der Waals surface area contributed by atoms with Crippen molar-refractivity contribution in [1.29, 1.82) is 0 Å². The zero-order valence-corrected chi connectivity index (χ0v) is 13.4. The molecule has 2 rings (SSSR count). The van der Waals surface area contributed by atoms with Crippen LogP contribution in [0.2, 0.25) is 5.02 Å². The maximum atomic E-state index is 12.1. The van der Waals surface area contributed by atoms with E-state index in [-0.39, 0.29) is 24.9 Å². The van der Waals surface area contributed by atoms with E-state index in [2.05, 4.69) is 9.88 Å². The van der Waals surface area contributed by atoms with E-state index in [9.17, 15) is 4.79 Å². The largest absolute Gasteiger partial charge is 0.383 e. The van der Waals surface area contributed by atoms with Gasteiger partial charge in [-0.05, 0) is 12.1 Å². The molecule has 8 heteroatoms. The molecule has 0 aliphatic carbocycles. The second kappa shape index (κ2) is 8.38. The van der Waals surface area contributed by atoms with Gasteiger partial charge in [0.05, 0.1) is 11.6 Å². The Kier molecular flexibility index (Phi) is 7.17. The summed E-state index contributed by atoms with van der Waals surface area (Å²) in [5.41, 5.74) is 5.77. The lowest BCUT2D eigenvalue weighted by atomic mass is 10.2. The normalized spacial score (nSPS) is 16.3. The summed E-state index contributed by atoms with van der Waals surface area (Å²) in [7, 11) is 1.54. The predicted octanol–water partition coefficient (Wildman–Crippen LogP) is 0.779. The van der Waals surface area contributed by atoms with Crippen molar-refractivity contribution < 1.29 is 9.53 Å². The van der Waals surface area contributed by atoms with Gasteiger partial charge in [-0.25, -0.2) is 4.98 Å². The Bertz CT molecular complexity index is 467. The van der Waals surface area contributed by atoms with E-state index in [0.717, 1.165) is 5.82 Å². The number of carbonyl (C=O) groups is 1. The Balaban J connectivity index is 0.00000220. The minimum absolute atomic E-state index is 0. The van der Waals surface area contributed by atoms with Gasteiger partial charge in [0.15, 0.2) is 0 Å². The van der Waals surface area contributed by atoms with Crippen LogP contribution in [0, 0.1) is 0 Å². The number of hydrogen-bond acceptors (Lipinski definition) is 5. The Morgan fingerprint density at radius 1 is 1.48 bits per heavy atom. The number of nitrogens with zero attached hydrogens (tertiary/aromatic N) is 3. The Labute approximate surface area is 135 Å². The van der Waals surface area contributed by atoms with Crippen molar-refractivity contribution >= 4 is 35.7 Å². The molecule has 1 atom stereocenters. The zero-order chi connectivity index (χ0) is 14.5. The molecule has 0 radical (unpaired) electrons. The van der Waals surface area contributed by atoms with Gasteiger partial charge in [0.25, 0.3) is 0 Å². The van der Waals surface area contributed by atoms with Crippen molar-refractivity contribution in [3.8, 4) is 0 Å². The third kappa shape index (κ3) is 4.44. The summed E-state index contributed by atoms with van der Waals surface area (Å²) in [5.74, 6) is 0.695. The van der Waals surface area contributed by atoms with Crippen LogP contribution < -0.4 is 10.6 Å². The van der Waals surface area contributed by atoms with E-state index in [0.29, 0.717) is 31.2 Å². The summed E-state index contributed by atoms with van der Waals surface area (Å²) in [5, 5.41) is 0.628. The molecule has 1 saturated heterocycles. The molecule has 0 bridgehead atoms. The summed E-state index contributed by atoms with van der Waals surface area (Å²) in [6.07, 6.45) is 1.72. The van der Waals surface area contributed by atoms with Crippen LogP contribution in [0.3, 0.4) is 0 Å². The summed E-state index contributed by atoms with van der Waals surface area (Å²) >= 11 is 6.13. The van der Waals surface area contributed by atoms with Crippen molar-refractivity contribution in [3.63, 3.8) is 0 Å². The van der Waals surface area contributed by atoms with Crippen LogP contribution in [0.25, 0.3) is 0 Å². The van der Waals surface area contributed by atoms with Crippen LogP contribution >= 0.6 is 24.0 Å². The molecule has 1 aromatic heterocycles. The Morgan fingerprint density at radius 2 is 2.14 bits per heavy atom. The second-order valence-electron chi connectivity index (χ2n) is 4.68. The number of ether oxygens (including phenoxy) is 1. The smallest absolute Gasteiger partial charge is 0.241 e. The maximum absolute atomic E-state index is 12.1. The molecule has 2 N–H and O–H groups in total. The molecule has 0 aromatic carbocycles. The number of anilines is 1. The first-order chi connectivity index (χ1) is 9.63. The van der Waals surface area contributed by atoms with Crippen LogP contribution in [0.15, 0.2) is 18.3 Å². The Morgan fingerprint density at radius 3 is 2.71 bits per heavy atom. The van der Waals surface area contributed by atoms with E-state index in [1.54, 1.807) is 17.2 Å². The van der Waals surface area contributed by atoms with Gasteiger partial charge in [0, 0.05) is 39.5 Å². The highest BCUT2D eigenvalue weighted by atomic mass is 35.5. The average molecular weight is 335 g/mol. The molecular weight excluding hydrogens is 315 g/mol. The average Bonchev–Trinajstić information content (AvgIpc) is 2.47. The number of rotatable bonds is 4. The van der Waals surface area contributed by atoms with E-state index < -0.39 is 6.04 Å². The molecule has 118 valence electrons. The fraction of sp³-hybridized carbons (Fsp3) is 0.538. The van der Waals surface area contributed by atoms with E-state index in [1.165, 1.54) is 7.11 Å². The standard InChI is InChI=1S/C13H19ClN4O2.ClH/c1-20-9-11(15)13(19)18-7-5-17(6-8-18)12-10(14)3-2-4-16-12;/h2-4,11H,5-9,15H2,1H3;1H. The number of amides is 1. The topological polar surface area (TPSA) is 71.7 Å². The Hall–Kier alpha value is -1.08. The van der Waals surface area contributed by atoms with Gasteiger partial charge in [-0.15, -0.1) is 12.4 Å². The fourth-order valence-electron chi connectivity index (χ4n) is 2.23. The van der Waals surface area contributed by atoms with Gasteiger partial charge < -0.3 is 20.3 Å². The number of methoxy groups -OCH3 is 1. The zero-order valence-electron chi connectivity index (χ0n) is 11.9. The number of pyridine rings is 1. The number of piperazine rings is 1. The summed E-state index contributed by atoms with van der Waals surface area (Å²) in [4.78, 5) is 20.2. The van der Waals surface area contributed by atoms with Gasteiger partial charge >= 0.3 is 0 Å². The van der Waals surface area contributed by atoms with E-state index in [1.807, 2.05) is 6.07 Å². The first-order valence-corrected chi connectivity index (χ1v) is 6.90.